The molecule has 0 heterocycles. The summed E-state index contributed by atoms with van der Waals surface area (Å²) in [5.74, 6) is -1.74. The average molecular weight is 921 g/mol. The molecule has 0 amide bonds. The number of unbranched alkanes of at least 4 members (excludes halogenated alkanes) is 30. The molecule has 0 aliphatic carbocycles. The summed E-state index contributed by atoms with van der Waals surface area (Å²) in [6.45, 7) is 10.5. The Morgan fingerprint density at radius 2 is 0.409 bits per heavy atom. The van der Waals surface area contributed by atoms with Crippen molar-refractivity contribution < 1.29 is 38.1 Å². The number of hydrogen-bond acceptors (Lipinski definition) is 8. The summed E-state index contributed by atoms with van der Waals surface area (Å²) in [7, 11) is 0. The van der Waals surface area contributed by atoms with E-state index in [0.29, 0.717) is 48.7 Å². The molecule has 0 aliphatic rings. The average Bonchev–Trinajstić information content (AvgIpc) is 3.34. The van der Waals surface area contributed by atoms with Crippen molar-refractivity contribution in [3.63, 3.8) is 0 Å². The highest BCUT2D eigenvalue weighted by atomic mass is 16.5. The molecule has 0 atom stereocenters. The Morgan fingerprint density at radius 1 is 0.258 bits per heavy atom. The van der Waals surface area contributed by atoms with Crippen molar-refractivity contribution in [2.45, 2.75) is 246 Å². The third kappa shape index (κ3) is 32.9. The fourth-order valence-electron chi connectivity index (χ4n) is 7.95. The lowest BCUT2D eigenvalue weighted by atomic mass is 10.1. The van der Waals surface area contributed by atoms with Crippen molar-refractivity contribution in [1.29, 1.82) is 0 Å². The highest BCUT2D eigenvalue weighted by Crippen LogP contribution is 2.17. The van der Waals surface area contributed by atoms with Crippen LogP contribution in [0.1, 0.15) is 287 Å². The van der Waals surface area contributed by atoms with Crippen LogP contribution in [0.2, 0.25) is 0 Å². The fourth-order valence-corrected chi connectivity index (χ4v) is 7.95. The number of hydrogen-bond donors (Lipinski definition) is 0. The number of esters is 4. The van der Waals surface area contributed by atoms with Gasteiger partial charge in [0.05, 0.1) is 48.7 Å². The lowest BCUT2D eigenvalue weighted by Crippen LogP contribution is -2.15. The lowest BCUT2D eigenvalue weighted by Gasteiger charge is -2.10. The second-order valence-corrected chi connectivity index (χ2v) is 18.2. The molecule has 2 rings (SSSR count). The first-order valence-electron chi connectivity index (χ1n) is 27.3. The van der Waals surface area contributed by atoms with Crippen LogP contribution in [0.15, 0.2) is 48.5 Å². The Balaban J connectivity index is 0.000000661. The molecule has 8 nitrogen and oxygen atoms in total. The van der Waals surface area contributed by atoms with Crippen molar-refractivity contribution in [1.82, 2.24) is 0 Å². The maximum Gasteiger partial charge on any atom is 0.339 e. The molecule has 0 radical (unpaired) electrons. The summed E-state index contributed by atoms with van der Waals surface area (Å²) in [5.41, 5.74) is 1.20. The normalized spacial score (nSPS) is 10.8. The van der Waals surface area contributed by atoms with Gasteiger partial charge in [-0.1, -0.05) is 245 Å². The molecule has 2 aromatic rings. The predicted molar refractivity (Wildman–Crippen MR) is 274 cm³/mol. The van der Waals surface area contributed by atoms with Crippen LogP contribution in [-0.2, 0) is 18.9 Å². The minimum atomic E-state index is -0.437. The molecule has 0 aliphatic heterocycles. The van der Waals surface area contributed by atoms with E-state index < -0.39 is 23.9 Å². The van der Waals surface area contributed by atoms with Gasteiger partial charge < -0.3 is 18.9 Å². The standard InChI is InChI=1S/C30H50O4.C28H46O4/c1-3-5-7-9-11-13-15-17-21-25-33-29(31)27-23-19-20-24-28(27)30(32)34-26-22-18-16-14-12-10-8-6-4-2;1-3-5-7-9-11-13-15-19-23-31-27(29)25-21-17-18-22-26(25)28(30)32-24-20-16-14-12-10-8-6-4-2/h19-20,23-24H,3-18,21-22,25-26H2,1-2H3;17-18,21-22H,3-16,19-20,23-24H2,1-2H3. The molecule has 8 heteroatoms. The Hall–Kier alpha value is -3.68. The van der Waals surface area contributed by atoms with Crippen LogP contribution < -0.4 is 0 Å². The van der Waals surface area contributed by atoms with E-state index in [9.17, 15) is 19.2 Å². The molecule has 376 valence electrons. The lowest BCUT2D eigenvalue weighted by molar-refractivity contribution is 0.0450. The maximum absolute atomic E-state index is 12.5. The van der Waals surface area contributed by atoms with Crippen LogP contribution in [0.5, 0.6) is 0 Å². The number of benzene rings is 2. The number of ether oxygens (including phenoxy) is 4. The molecule has 0 saturated carbocycles. The smallest absolute Gasteiger partial charge is 0.339 e. The molecular formula is C58H96O8. The third-order valence-electron chi connectivity index (χ3n) is 12.2. The Labute approximate surface area is 403 Å². The first kappa shape index (κ1) is 60.3. The van der Waals surface area contributed by atoms with Gasteiger partial charge in [0.1, 0.15) is 0 Å². The van der Waals surface area contributed by atoms with Gasteiger partial charge in [0.15, 0.2) is 0 Å². The highest BCUT2D eigenvalue weighted by Gasteiger charge is 2.20. The zero-order chi connectivity index (χ0) is 48.0. The Bertz CT molecular complexity index is 1360. The quantitative estimate of drug-likeness (QED) is 0.0368. The summed E-state index contributed by atoms with van der Waals surface area (Å²) < 4.78 is 21.7. The summed E-state index contributed by atoms with van der Waals surface area (Å²) in [4.78, 5) is 50.0. The Kier molecular flexibility index (Phi) is 41.2. The minimum absolute atomic E-state index is 0.299. The van der Waals surface area contributed by atoms with Gasteiger partial charge in [-0.2, -0.15) is 0 Å². The number of carbonyl (C=O) groups excluding carboxylic acids is 4. The zero-order valence-corrected chi connectivity index (χ0v) is 42.8. The van der Waals surface area contributed by atoms with E-state index in [0.717, 1.165) is 51.4 Å². The first-order valence-corrected chi connectivity index (χ1v) is 27.3. The SMILES string of the molecule is CCCCCCCCCCCOC(=O)c1ccccc1C(=O)OCCCCCCCCCCC.CCCCCCCCCCOC(=O)c1ccccc1C(=O)OCCCCCCCCCC. The maximum atomic E-state index is 12.5. The van der Waals surface area contributed by atoms with Gasteiger partial charge in [-0.25, -0.2) is 19.2 Å². The molecule has 2 aromatic carbocycles. The fraction of sp³-hybridized carbons (Fsp3) is 0.724. The monoisotopic (exact) mass is 921 g/mol. The van der Waals surface area contributed by atoms with Crippen LogP contribution in [0.4, 0.5) is 0 Å². The van der Waals surface area contributed by atoms with Crippen molar-refractivity contribution in [2.24, 2.45) is 0 Å². The second kappa shape index (κ2) is 45.1. The van der Waals surface area contributed by atoms with Crippen LogP contribution in [0, 0.1) is 0 Å². The topological polar surface area (TPSA) is 105 Å². The van der Waals surface area contributed by atoms with Crippen LogP contribution in [0.3, 0.4) is 0 Å². The van der Waals surface area contributed by atoms with Gasteiger partial charge >= 0.3 is 23.9 Å². The molecule has 0 N–H and O–H groups in total. The molecule has 0 saturated heterocycles. The van der Waals surface area contributed by atoms with Crippen molar-refractivity contribution in [3.05, 3.63) is 70.8 Å². The van der Waals surface area contributed by atoms with Gasteiger partial charge in [-0.3, -0.25) is 0 Å². The summed E-state index contributed by atoms with van der Waals surface area (Å²) in [5, 5.41) is 0. The molecule has 66 heavy (non-hydrogen) atoms. The third-order valence-corrected chi connectivity index (χ3v) is 12.2. The van der Waals surface area contributed by atoms with E-state index in [2.05, 4.69) is 27.7 Å². The molecule has 0 spiro atoms. The van der Waals surface area contributed by atoms with Gasteiger partial charge in [0.25, 0.3) is 0 Å². The van der Waals surface area contributed by atoms with E-state index in [4.69, 9.17) is 18.9 Å². The molecule has 0 unspecified atom stereocenters. The number of rotatable bonds is 42. The molecule has 0 aromatic heterocycles. The van der Waals surface area contributed by atoms with E-state index in [1.807, 2.05) is 0 Å². The van der Waals surface area contributed by atoms with E-state index in [1.54, 1.807) is 48.5 Å². The second-order valence-electron chi connectivity index (χ2n) is 18.2. The van der Waals surface area contributed by atoms with Crippen molar-refractivity contribution in [2.75, 3.05) is 26.4 Å². The van der Waals surface area contributed by atoms with Crippen LogP contribution in [-0.4, -0.2) is 50.3 Å². The van der Waals surface area contributed by atoms with Crippen LogP contribution in [0.25, 0.3) is 0 Å². The van der Waals surface area contributed by atoms with E-state index in [1.165, 1.54) is 167 Å². The van der Waals surface area contributed by atoms with Crippen molar-refractivity contribution in [3.8, 4) is 0 Å². The summed E-state index contributed by atoms with van der Waals surface area (Å²) in [6, 6.07) is 13.6. The largest absolute Gasteiger partial charge is 0.462 e. The predicted octanol–water partition coefficient (Wildman–Crippen LogP) is 17.3. The van der Waals surface area contributed by atoms with Gasteiger partial charge in [0.2, 0.25) is 0 Å². The van der Waals surface area contributed by atoms with Crippen molar-refractivity contribution >= 4 is 23.9 Å². The molecule has 0 bridgehead atoms. The molecule has 0 fully saturated rings. The first-order chi connectivity index (χ1) is 32.4. The van der Waals surface area contributed by atoms with Gasteiger partial charge in [0, 0.05) is 0 Å². The van der Waals surface area contributed by atoms with E-state index >= 15 is 0 Å². The Morgan fingerprint density at radius 3 is 0.576 bits per heavy atom. The van der Waals surface area contributed by atoms with Gasteiger partial charge in [-0.05, 0) is 49.9 Å². The summed E-state index contributed by atoms with van der Waals surface area (Å²) >= 11 is 0. The van der Waals surface area contributed by atoms with E-state index in [-0.39, 0.29) is 0 Å². The van der Waals surface area contributed by atoms with Gasteiger partial charge in [-0.15, -0.1) is 0 Å². The van der Waals surface area contributed by atoms with Crippen LogP contribution >= 0.6 is 0 Å². The summed E-state index contributed by atoms with van der Waals surface area (Å²) in [6.07, 6.45) is 41.1. The zero-order valence-electron chi connectivity index (χ0n) is 42.8. The molecular weight excluding hydrogens is 825 g/mol. The minimum Gasteiger partial charge on any atom is -0.462 e. The number of carbonyl (C=O) groups is 4. The highest BCUT2D eigenvalue weighted by molar-refractivity contribution is 6.03.